The number of allylic oxidation sites excluding steroid dienone is 15. The lowest BCUT2D eigenvalue weighted by molar-refractivity contribution is -0.302. The van der Waals surface area contributed by atoms with Crippen LogP contribution in [0.3, 0.4) is 0 Å². The maximum atomic E-state index is 13.1. The van der Waals surface area contributed by atoms with Crippen LogP contribution in [0.15, 0.2) is 97.2 Å². The number of aliphatic hydroxyl groups is 5. The summed E-state index contributed by atoms with van der Waals surface area (Å²) in [6.45, 7) is 3.68. The van der Waals surface area contributed by atoms with E-state index in [2.05, 4.69) is 104 Å². The molecule has 0 aromatic heterocycles. The fourth-order valence-corrected chi connectivity index (χ4v) is 9.67. The van der Waals surface area contributed by atoms with Gasteiger partial charge in [-0.3, -0.25) is 4.79 Å². The number of aliphatic hydroxyl groups excluding tert-OH is 5. The maximum Gasteiger partial charge on any atom is 0.220 e. The number of amides is 1. The van der Waals surface area contributed by atoms with Crippen molar-refractivity contribution in [2.45, 2.75) is 314 Å². The van der Waals surface area contributed by atoms with Crippen LogP contribution in [0.25, 0.3) is 0 Å². The van der Waals surface area contributed by atoms with Gasteiger partial charge in [0.2, 0.25) is 5.91 Å². The monoisotopic (exact) mass is 1080 g/mol. The fourth-order valence-electron chi connectivity index (χ4n) is 9.67. The predicted octanol–water partition coefficient (Wildman–Crippen LogP) is 16.7. The molecule has 0 saturated carbocycles. The zero-order chi connectivity index (χ0) is 55.8. The molecule has 9 heteroatoms. The molecule has 0 radical (unpaired) electrons. The highest BCUT2D eigenvalue weighted by atomic mass is 16.7. The number of rotatable bonds is 54. The van der Waals surface area contributed by atoms with Crippen molar-refractivity contribution in [3.05, 3.63) is 97.2 Å². The minimum Gasteiger partial charge on any atom is -0.394 e. The Hall–Kier alpha value is -2.89. The van der Waals surface area contributed by atoms with Crippen molar-refractivity contribution in [3.63, 3.8) is 0 Å². The average molecular weight is 1080 g/mol. The lowest BCUT2D eigenvalue weighted by Gasteiger charge is -2.40. The molecule has 0 aromatic rings. The summed E-state index contributed by atoms with van der Waals surface area (Å²) in [5, 5.41) is 54.6. The molecule has 1 rings (SSSR count). The zero-order valence-corrected chi connectivity index (χ0v) is 49.4. The van der Waals surface area contributed by atoms with Gasteiger partial charge < -0.3 is 40.3 Å². The minimum atomic E-state index is -1.57. The third-order valence-electron chi connectivity index (χ3n) is 14.7. The van der Waals surface area contributed by atoms with E-state index in [1.807, 2.05) is 6.08 Å². The quantitative estimate of drug-likeness (QED) is 0.0261. The van der Waals surface area contributed by atoms with Gasteiger partial charge in [-0.1, -0.05) is 284 Å². The molecule has 0 spiro atoms. The molecule has 1 fully saturated rings. The highest BCUT2D eigenvalue weighted by molar-refractivity contribution is 5.76. The molecule has 444 valence electrons. The molecule has 0 aliphatic carbocycles. The molecular weight excluding hydrogens is 959 g/mol. The van der Waals surface area contributed by atoms with Crippen LogP contribution in [0.1, 0.15) is 271 Å². The van der Waals surface area contributed by atoms with E-state index in [1.165, 1.54) is 167 Å². The lowest BCUT2D eigenvalue weighted by Crippen LogP contribution is -2.60. The number of ether oxygens (including phenoxy) is 2. The van der Waals surface area contributed by atoms with E-state index in [0.717, 1.165) is 83.5 Å². The van der Waals surface area contributed by atoms with Crippen molar-refractivity contribution in [2.24, 2.45) is 0 Å². The fraction of sp³-hybridized carbons (Fsp3) is 0.750. The molecule has 7 unspecified atom stereocenters. The van der Waals surface area contributed by atoms with E-state index >= 15 is 0 Å². The van der Waals surface area contributed by atoms with Crippen LogP contribution in [0.2, 0.25) is 0 Å². The molecule has 1 saturated heterocycles. The molecule has 77 heavy (non-hydrogen) atoms. The van der Waals surface area contributed by atoms with Crippen LogP contribution in [0.5, 0.6) is 0 Å². The summed E-state index contributed by atoms with van der Waals surface area (Å²) in [4.78, 5) is 13.1. The third kappa shape index (κ3) is 45.5. The van der Waals surface area contributed by atoms with E-state index < -0.39 is 49.5 Å². The third-order valence-corrected chi connectivity index (χ3v) is 14.7. The van der Waals surface area contributed by atoms with Crippen molar-refractivity contribution in [1.29, 1.82) is 0 Å². The van der Waals surface area contributed by atoms with Crippen molar-refractivity contribution < 1.29 is 39.8 Å². The molecular formula is C68H119NO8. The van der Waals surface area contributed by atoms with Gasteiger partial charge in [0.1, 0.15) is 24.4 Å². The summed E-state index contributed by atoms with van der Waals surface area (Å²) in [6.07, 6.45) is 74.8. The second-order valence-electron chi connectivity index (χ2n) is 21.8. The van der Waals surface area contributed by atoms with Crippen LogP contribution >= 0.6 is 0 Å². The lowest BCUT2D eigenvalue weighted by atomic mass is 9.99. The van der Waals surface area contributed by atoms with Gasteiger partial charge in [-0.15, -0.1) is 0 Å². The van der Waals surface area contributed by atoms with E-state index in [9.17, 15) is 30.3 Å². The number of carbonyl (C=O) groups is 1. The van der Waals surface area contributed by atoms with Gasteiger partial charge in [0, 0.05) is 6.42 Å². The molecule has 9 nitrogen and oxygen atoms in total. The summed E-state index contributed by atoms with van der Waals surface area (Å²) in [6, 6.07) is -0.809. The number of nitrogens with one attached hydrogen (secondary N) is 1. The van der Waals surface area contributed by atoms with Crippen LogP contribution in [0, 0.1) is 0 Å². The Balaban J connectivity index is 2.13. The Bertz CT molecular complexity index is 1530. The highest BCUT2D eigenvalue weighted by Crippen LogP contribution is 2.23. The van der Waals surface area contributed by atoms with Gasteiger partial charge >= 0.3 is 0 Å². The SMILES string of the molecule is CC/C=C\C/C=C\C/C=C\C/C=C\C/C=C\C/C=C\C/C=C\CCCCCCCCCCCCCCCCCC(=O)NC(COC1OC(CO)C(O)C(O)C1O)C(O)/C=C/CCCCCCCCCCCCCCCCC. The minimum absolute atomic E-state index is 0.178. The molecule has 1 amide bonds. The van der Waals surface area contributed by atoms with Gasteiger partial charge in [0.25, 0.3) is 0 Å². The summed E-state index contributed by atoms with van der Waals surface area (Å²) in [5.41, 5.74) is 0. The standard InChI is InChI=1S/C68H119NO8/c1-3-5-7-9-11-13-15-17-19-21-22-23-24-25-26-27-28-29-30-31-32-33-34-35-36-37-38-39-40-42-44-46-48-50-52-54-56-58-64(72)69-61(60-76-68-67(75)66(74)65(73)63(59-70)77-68)62(71)57-55-53-51-49-47-45-43-41-20-18-16-14-12-10-8-6-4-2/h5,7,11,13,17,19,22-23,25-26,28-29,31-32,55,57,61-63,65-68,70-71,73-75H,3-4,6,8-10,12,14-16,18,20-21,24,27,30,33-54,56,58-60H2,1-2H3,(H,69,72)/b7-5-,13-11-,19-17-,23-22-,26-25-,29-28-,32-31-,57-55+. The predicted molar refractivity (Wildman–Crippen MR) is 327 cm³/mol. The number of carbonyl (C=O) groups excluding carboxylic acids is 1. The molecule has 1 heterocycles. The van der Waals surface area contributed by atoms with Crippen molar-refractivity contribution in [3.8, 4) is 0 Å². The van der Waals surface area contributed by atoms with Crippen LogP contribution in [-0.4, -0.2) is 87.5 Å². The van der Waals surface area contributed by atoms with E-state index in [-0.39, 0.29) is 12.5 Å². The summed E-state index contributed by atoms with van der Waals surface area (Å²) in [5.74, 6) is -0.178. The Morgan fingerprint density at radius 2 is 0.805 bits per heavy atom. The maximum absolute atomic E-state index is 13.1. The van der Waals surface area contributed by atoms with E-state index in [0.29, 0.717) is 6.42 Å². The first-order valence-electron chi connectivity index (χ1n) is 32.0. The highest BCUT2D eigenvalue weighted by Gasteiger charge is 2.44. The molecule has 0 bridgehead atoms. The van der Waals surface area contributed by atoms with Gasteiger partial charge in [-0.25, -0.2) is 0 Å². The number of unbranched alkanes of at least 4 members (excludes halogenated alkanes) is 30. The zero-order valence-electron chi connectivity index (χ0n) is 49.4. The molecule has 7 atom stereocenters. The topological polar surface area (TPSA) is 149 Å². The largest absolute Gasteiger partial charge is 0.394 e. The average Bonchev–Trinajstić information content (AvgIpc) is 3.43. The van der Waals surface area contributed by atoms with E-state index in [1.54, 1.807) is 6.08 Å². The van der Waals surface area contributed by atoms with Gasteiger partial charge in [0.05, 0.1) is 25.4 Å². The number of hydrogen-bond donors (Lipinski definition) is 6. The first-order valence-corrected chi connectivity index (χ1v) is 32.0. The van der Waals surface area contributed by atoms with Crippen molar-refractivity contribution >= 4 is 5.91 Å². The van der Waals surface area contributed by atoms with E-state index in [4.69, 9.17) is 9.47 Å². The van der Waals surface area contributed by atoms with Crippen LogP contribution < -0.4 is 5.32 Å². The van der Waals surface area contributed by atoms with Crippen molar-refractivity contribution in [1.82, 2.24) is 5.32 Å². The Morgan fingerprint density at radius 1 is 0.455 bits per heavy atom. The first kappa shape index (κ1) is 72.1. The summed E-state index contributed by atoms with van der Waals surface area (Å²) < 4.78 is 11.3. The molecule has 1 aliphatic rings. The second kappa shape index (κ2) is 56.4. The summed E-state index contributed by atoms with van der Waals surface area (Å²) in [7, 11) is 0. The van der Waals surface area contributed by atoms with Crippen molar-refractivity contribution in [2.75, 3.05) is 13.2 Å². The number of hydrogen-bond acceptors (Lipinski definition) is 8. The second-order valence-corrected chi connectivity index (χ2v) is 21.8. The van der Waals surface area contributed by atoms with Gasteiger partial charge in [-0.05, 0) is 77.0 Å². The normalized spacial score (nSPS) is 19.4. The van der Waals surface area contributed by atoms with Crippen LogP contribution in [0.4, 0.5) is 0 Å². The van der Waals surface area contributed by atoms with Gasteiger partial charge in [0.15, 0.2) is 6.29 Å². The Labute approximate surface area is 473 Å². The molecule has 6 N–H and O–H groups in total. The van der Waals surface area contributed by atoms with Gasteiger partial charge in [-0.2, -0.15) is 0 Å². The molecule has 1 aliphatic heterocycles. The van der Waals surface area contributed by atoms with Crippen LogP contribution in [-0.2, 0) is 14.3 Å². The Kier molecular flexibility index (Phi) is 52.8. The summed E-state index contributed by atoms with van der Waals surface area (Å²) >= 11 is 0. The molecule has 0 aromatic carbocycles. The smallest absolute Gasteiger partial charge is 0.220 e. The Morgan fingerprint density at radius 3 is 1.19 bits per heavy atom. The first-order chi connectivity index (χ1) is 37.8.